The van der Waals surface area contributed by atoms with Crippen LogP contribution >= 0.6 is 11.8 Å². The van der Waals surface area contributed by atoms with Crippen LogP contribution in [0.25, 0.3) is 6.08 Å². The van der Waals surface area contributed by atoms with Gasteiger partial charge in [0.05, 0.1) is 11.1 Å². The van der Waals surface area contributed by atoms with E-state index in [2.05, 4.69) is 26.8 Å². The number of fused-ring (bicyclic) bond motifs is 1. The van der Waals surface area contributed by atoms with Gasteiger partial charge in [0.25, 0.3) is 5.91 Å². The number of hydrogen-bond acceptors (Lipinski definition) is 5. The number of aryl methyl sites for hydroxylation is 1. The minimum atomic E-state index is -0.118. The van der Waals surface area contributed by atoms with Crippen LogP contribution in [0, 0.1) is 6.92 Å². The van der Waals surface area contributed by atoms with Crippen molar-refractivity contribution in [3.05, 3.63) is 22.4 Å². The summed E-state index contributed by atoms with van der Waals surface area (Å²) in [7, 11) is 0. The molecule has 4 heterocycles. The quantitative estimate of drug-likeness (QED) is 0.767. The summed E-state index contributed by atoms with van der Waals surface area (Å²) >= 11 is 1.51. The second-order valence-corrected chi connectivity index (χ2v) is 7.60. The standard InChI is InChI=1S/C17H23N5OS/c1-3-22-12(2)13(10-18-22)9-15-16(23)19-17(24-15)21-8-7-20-6-4-5-14(20)11-21/h9-10,14H,3-8,11H2,1-2H3. The molecule has 1 aromatic rings. The number of piperazine rings is 1. The van der Waals surface area contributed by atoms with Gasteiger partial charge in [-0.15, -0.1) is 0 Å². The van der Waals surface area contributed by atoms with E-state index >= 15 is 0 Å². The van der Waals surface area contributed by atoms with Crippen LogP contribution in [-0.2, 0) is 11.3 Å². The lowest BCUT2D eigenvalue weighted by Crippen LogP contribution is -2.51. The number of nitrogens with zero attached hydrogens (tertiary/aromatic N) is 5. The molecule has 0 N–H and O–H groups in total. The molecule has 6 nitrogen and oxygen atoms in total. The molecular formula is C17H23N5OS. The second-order valence-electron chi connectivity index (χ2n) is 6.59. The molecule has 3 aliphatic rings. The minimum absolute atomic E-state index is 0.118. The lowest BCUT2D eigenvalue weighted by atomic mass is 10.2. The molecule has 7 heteroatoms. The van der Waals surface area contributed by atoms with Crippen molar-refractivity contribution in [2.45, 2.75) is 39.3 Å². The van der Waals surface area contributed by atoms with E-state index in [0.29, 0.717) is 10.9 Å². The maximum Gasteiger partial charge on any atom is 0.286 e. The highest BCUT2D eigenvalue weighted by atomic mass is 32.2. The molecule has 1 aromatic heterocycles. The highest BCUT2D eigenvalue weighted by Gasteiger charge is 2.34. The molecule has 2 fully saturated rings. The van der Waals surface area contributed by atoms with E-state index < -0.39 is 0 Å². The zero-order valence-corrected chi connectivity index (χ0v) is 15.1. The molecule has 1 unspecified atom stereocenters. The van der Waals surface area contributed by atoms with Crippen molar-refractivity contribution in [2.75, 3.05) is 26.2 Å². The third kappa shape index (κ3) is 2.80. The summed E-state index contributed by atoms with van der Waals surface area (Å²) in [6.07, 6.45) is 6.32. The van der Waals surface area contributed by atoms with Crippen molar-refractivity contribution < 1.29 is 4.79 Å². The number of aromatic nitrogens is 2. The van der Waals surface area contributed by atoms with Gasteiger partial charge in [-0.05, 0) is 51.1 Å². The van der Waals surface area contributed by atoms with Crippen molar-refractivity contribution in [2.24, 2.45) is 4.99 Å². The molecule has 1 amide bonds. The largest absolute Gasteiger partial charge is 0.348 e. The Morgan fingerprint density at radius 2 is 2.25 bits per heavy atom. The summed E-state index contributed by atoms with van der Waals surface area (Å²) in [6, 6.07) is 0.634. The van der Waals surface area contributed by atoms with Crippen LogP contribution < -0.4 is 0 Å². The van der Waals surface area contributed by atoms with Gasteiger partial charge in [-0.3, -0.25) is 14.4 Å². The molecule has 0 radical (unpaired) electrons. The Labute approximate surface area is 146 Å². The maximum absolute atomic E-state index is 12.3. The molecule has 2 saturated heterocycles. The summed E-state index contributed by atoms with van der Waals surface area (Å²) in [6.45, 7) is 9.21. The fraction of sp³-hybridized carbons (Fsp3) is 0.588. The van der Waals surface area contributed by atoms with Crippen LogP contribution in [0.3, 0.4) is 0 Å². The van der Waals surface area contributed by atoms with Gasteiger partial charge < -0.3 is 4.90 Å². The fourth-order valence-electron chi connectivity index (χ4n) is 3.76. The maximum atomic E-state index is 12.3. The first-order valence-corrected chi connectivity index (χ1v) is 9.51. The third-order valence-electron chi connectivity index (χ3n) is 5.19. The van der Waals surface area contributed by atoms with Crippen LogP contribution in [0.4, 0.5) is 0 Å². The zero-order chi connectivity index (χ0) is 16.7. The summed E-state index contributed by atoms with van der Waals surface area (Å²) in [4.78, 5) is 22.2. The molecule has 1 atom stereocenters. The molecule has 0 spiro atoms. The zero-order valence-electron chi connectivity index (χ0n) is 14.2. The Balaban J connectivity index is 1.48. The summed E-state index contributed by atoms with van der Waals surface area (Å²) in [5, 5.41) is 5.22. The molecule has 0 aromatic carbocycles. The number of amidine groups is 1. The molecular weight excluding hydrogens is 322 g/mol. The van der Waals surface area contributed by atoms with E-state index in [1.165, 1.54) is 31.1 Å². The highest BCUT2D eigenvalue weighted by molar-refractivity contribution is 8.18. The van der Waals surface area contributed by atoms with Gasteiger partial charge in [0, 0.05) is 43.5 Å². The minimum Gasteiger partial charge on any atom is -0.348 e. The highest BCUT2D eigenvalue weighted by Crippen LogP contribution is 2.32. The molecule has 128 valence electrons. The fourth-order valence-corrected chi connectivity index (χ4v) is 4.70. The number of rotatable bonds is 2. The van der Waals surface area contributed by atoms with Crippen LogP contribution in [0.1, 0.15) is 31.0 Å². The SMILES string of the molecule is CCn1ncc(C=C2SC(N3CCN4CCCC4C3)=NC2=O)c1C. The smallest absolute Gasteiger partial charge is 0.286 e. The number of carbonyl (C=O) groups is 1. The monoisotopic (exact) mass is 345 g/mol. The van der Waals surface area contributed by atoms with E-state index in [4.69, 9.17) is 0 Å². The lowest BCUT2D eigenvalue weighted by Gasteiger charge is -2.38. The van der Waals surface area contributed by atoms with Gasteiger partial charge in [-0.2, -0.15) is 10.1 Å². The topological polar surface area (TPSA) is 53.7 Å². The lowest BCUT2D eigenvalue weighted by molar-refractivity contribution is -0.113. The van der Waals surface area contributed by atoms with Crippen LogP contribution in [0.2, 0.25) is 0 Å². The van der Waals surface area contributed by atoms with Gasteiger partial charge in [0.15, 0.2) is 5.17 Å². The summed E-state index contributed by atoms with van der Waals surface area (Å²) in [5.41, 5.74) is 2.09. The Morgan fingerprint density at radius 1 is 1.38 bits per heavy atom. The summed E-state index contributed by atoms with van der Waals surface area (Å²) < 4.78 is 1.94. The number of aliphatic imine (C=N–C) groups is 1. The number of thioether (sulfide) groups is 1. The molecule has 0 aliphatic carbocycles. The average molecular weight is 345 g/mol. The van der Waals surface area contributed by atoms with E-state index in [1.807, 2.05) is 23.9 Å². The summed E-state index contributed by atoms with van der Waals surface area (Å²) in [5.74, 6) is -0.118. The number of amides is 1. The van der Waals surface area contributed by atoms with E-state index in [-0.39, 0.29) is 5.91 Å². The first kappa shape index (κ1) is 15.9. The first-order valence-electron chi connectivity index (χ1n) is 8.69. The number of hydrogen-bond donors (Lipinski definition) is 0. The van der Waals surface area contributed by atoms with Crippen molar-refractivity contribution in [1.29, 1.82) is 0 Å². The van der Waals surface area contributed by atoms with E-state index in [0.717, 1.165) is 42.6 Å². The molecule has 3 aliphatic heterocycles. The van der Waals surface area contributed by atoms with Gasteiger partial charge in [0.2, 0.25) is 0 Å². The predicted octanol–water partition coefficient (Wildman–Crippen LogP) is 1.96. The normalized spacial score (nSPS) is 26.3. The number of carbonyl (C=O) groups excluding carboxylic acids is 1. The van der Waals surface area contributed by atoms with Gasteiger partial charge in [-0.1, -0.05) is 0 Å². The predicted molar refractivity (Wildman–Crippen MR) is 96.8 cm³/mol. The van der Waals surface area contributed by atoms with Crippen LogP contribution in [-0.4, -0.2) is 62.9 Å². The van der Waals surface area contributed by atoms with E-state index in [9.17, 15) is 4.79 Å². The molecule has 0 saturated carbocycles. The van der Waals surface area contributed by atoms with Crippen molar-refractivity contribution >= 4 is 28.9 Å². The van der Waals surface area contributed by atoms with Crippen molar-refractivity contribution in [3.8, 4) is 0 Å². The Bertz CT molecular complexity index is 723. The average Bonchev–Trinajstić information content (AvgIpc) is 3.27. The van der Waals surface area contributed by atoms with Crippen LogP contribution in [0.15, 0.2) is 16.1 Å². The van der Waals surface area contributed by atoms with Crippen molar-refractivity contribution in [1.82, 2.24) is 19.6 Å². The van der Waals surface area contributed by atoms with Gasteiger partial charge >= 0.3 is 0 Å². The third-order valence-corrected chi connectivity index (χ3v) is 6.24. The van der Waals surface area contributed by atoms with Crippen molar-refractivity contribution in [3.63, 3.8) is 0 Å². The second kappa shape index (κ2) is 6.37. The van der Waals surface area contributed by atoms with Crippen LogP contribution in [0.5, 0.6) is 0 Å². The first-order chi connectivity index (χ1) is 11.7. The Hall–Kier alpha value is -1.60. The molecule has 24 heavy (non-hydrogen) atoms. The molecule has 4 rings (SSSR count). The van der Waals surface area contributed by atoms with Gasteiger partial charge in [0.1, 0.15) is 0 Å². The molecule has 0 bridgehead atoms. The van der Waals surface area contributed by atoms with Gasteiger partial charge in [-0.25, -0.2) is 0 Å². The Kier molecular flexibility index (Phi) is 4.22. The van der Waals surface area contributed by atoms with E-state index in [1.54, 1.807) is 0 Å². The Morgan fingerprint density at radius 3 is 3.04 bits per heavy atom.